The molecule has 0 unspecified atom stereocenters. The van der Waals surface area contributed by atoms with Crippen molar-refractivity contribution >= 4 is 17.8 Å². The van der Waals surface area contributed by atoms with Gasteiger partial charge in [0.05, 0.1) is 14.2 Å². The first-order chi connectivity index (χ1) is 14.0. The lowest BCUT2D eigenvalue weighted by Crippen LogP contribution is -2.43. The maximum Gasteiger partial charge on any atom is 0.328 e. The summed E-state index contributed by atoms with van der Waals surface area (Å²) in [7, 11) is 2.85. The number of esters is 1. The van der Waals surface area contributed by atoms with E-state index in [1.54, 1.807) is 31.4 Å². The van der Waals surface area contributed by atoms with Crippen LogP contribution in [0.2, 0.25) is 0 Å². The van der Waals surface area contributed by atoms with Crippen LogP contribution in [-0.2, 0) is 20.7 Å². The summed E-state index contributed by atoms with van der Waals surface area (Å²) in [6.45, 7) is 0.347. The molecule has 7 nitrogen and oxygen atoms in total. The molecule has 2 N–H and O–H groups in total. The first kappa shape index (κ1) is 21.9. The third-order valence-corrected chi connectivity index (χ3v) is 4.32. The van der Waals surface area contributed by atoms with Crippen molar-refractivity contribution < 1.29 is 23.9 Å². The van der Waals surface area contributed by atoms with E-state index in [1.165, 1.54) is 7.11 Å². The van der Waals surface area contributed by atoms with Crippen molar-refractivity contribution in [1.82, 2.24) is 10.6 Å². The van der Waals surface area contributed by atoms with Crippen LogP contribution in [0, 0.1) is 0 Å². The van der Waals surface area contributed by atoms with E-state index in [0.29, 0.717) is 30.7 Å². The number of methoxy groups -OCH3 is 2. The molecule has 0 fully saturated rings. The van der Waals surface area contributed by atoms with Crippen molar-refractivity contribution in [1.29, 1.82) is 0 Å². The Balaban J connectivity index is 1.76. The fourth-order valence-corrected chi connectivity index (χ4v) is 2.75. The molecule has 0 aliphatic rings. The van der Waals surface area contributed by atoms with E-state index in [0.717, 1.165) is 5.56 Å². The van der Waals surface area contributed by atoms with E-state index >= 15 is 0 Å². The summed E-state index contributed by atoms with van der Waals surface area (Å²) in [5.74, 6) is -0.302. The minimum atomic E-state index is -0.746. The first-order valence-corrected chi connectivity index (χ1v) is 9.37. The summed E-state index contributed by atoms with van der Waals surface area (Å²) >= 11 is 0. The number of carbonyl (C=O) groups excluding carboxylic acids is 3. The van der Waals surface area contributed by atoms with Gasteiger partial charge in [-0.05, 0) is 36.2 Å². The third kappa shape index (κ3) is 7.29. The van der Waals surface area contributed by atoms with Crippen LogP contribution in [-0.4, -0.2) is 44.6 Å². The second kappa shape index (κ2) is 11.5. The average molecular weight is 398 g/mol. The van der Waals surface area contributed by atoms with Crippen LogP contribution in [0.3, 0.4) is 0 Å². The zero-order valence-electron chi connectivity index (χ0n) is 16.6. The Bertz CT molecular complexity index is 806. The summed E-state index contributed by atoms with van der Waals surface area (Å²) < 4.78 is 9.85. The van der Waals surface area contributed by atoms with E-state index in [4.69, 9.17) is 9.47 Å². The fraction of sp³-hybridized carbons (Fsp3) is 0.318. The minimum absolute atomic E-state index is 0.186. The van der Waals surface area contributed by atoms with Gasteiger partial charge in [0.15, 0.2) is 0 Å². The van der Waals surface area contributed by atoms with Gasteiger partial charge in [0.1, 0.15) is 11.8 Å². The molecule has 0 bridgehead atoms. The number of carbonyl (C=O) groups is 3. The molecular weight excluding hydrogens is 372 g/mol. The molecule has 0 saturated heterocycles. The van der Waals surface area contributed by atoms with Gasteiger partial charge in [-0.2, -0.15) is 0 Å². The summed E-state index contributed by atoms with van der Waals surface area (Å²) in [4.78, 5) is 36.3. The highest BCUT2D eigenvalue weighted by Crippen LogP contribution is 2.11. The number of rotatable bonds is 10. The van der Waals surface area contributed by atoms with Gasteiger partial charge < -0.3 is 20.1 Å². The number of amides is 2. The zero-order chi connectivity index (χ0) is 21.1. The Labute approximate surface area is 170 Å². The SMILES string of the molecule is COC(=O)[C@@H](Cc1ccccc1)NC(=O)CCCNC(=O)c1ccc(OC)cc1. The predicted octanol–water partition coefficient (Wildman–Crippen LogP) is 2.11. The lowest BCUT2D eigenvalue weighted by molar-refractivity contribution is -0.145. The maximum absolute atomic E-state index is 12.2. The Kier molecular flexibility index (Phi) is 8.69. The van der Waals surface area contributed by atoms with E-state index in [2.05, 4.69) is 10.6 Å². The number of nitrogens with one attached hydrogen (secondary N) is 2. The second-order valence-corrected chi connectivity index (χ2v) is 6.42. The quantitative estimate of drug-likeness (QED) is 0.472. The van der Waals surface area contributed by atoms with Crippen LogP contribution in [0.1, 0.15) is 28.8 Å². The topological polar surface area (TPSA) is 93.7 Å². The average Bonchev–Trinajstić information content (AvgIpc) is 2.76. The standard InChI is InChI=1S/C22H26N2O5/c1-28-18-12-10-17(11-13-18)21(26)23-14-6-9-20(25)24-19(22(27)29-2)15-16-7-4-3-5-8-16/h3-5,7-8,10-13,19H,6,9,14-15H2,1-2H3,(H,23,26)(H,24,25)/t19-/m1/s1. The van der Waals surface area contributed by atoms with Gasteiger partial charge in [-0.25, -0.2) is 4.79 Å². The Hall–Kier alpha value is -3.35. The summed E-state index contributed by atoms with van der Waals surface area (Å²) in [5, 5.41) is 5.48. The molecular formula is C22H26N2O5. The molecule has 7 heteroatoms. The van der Waals surface area contributed by atoms with Crippen LogP contribution in [0.25, 0.3) is 0 Å². The number of benzene rings is 2. The number of ether oxygens (including phenoxy) is 2. The lowest BCUT2D eigenvalue weighted by atomic mass is 10.1. The van der Waals surface area contributed by atoms with Gasteiger partial charge in [-0.3, -0.25) is 9.59 Å². The molecule has 2 rings (SSSR count). The van der Waals surface area contributed by atoms with Crippen LogP contribution < -0.4 is 15.4 Å². The molecule has 0 saturated carbocycles. The third-order valence-electron chi connectivity index (χ3n) is 4.32. The molecule has 0 heterocycles. The van der Waals surface area contributed by atoms with Crippen molar-refractivity contribution in [3.63, 3.8) is 0 Å². The van der Waals surface area contributed by atoms with Crippen molar-refractivity contribution in [3.8, 4) is 5.75 Å². The Morgan fingerprint density at radius 3 is 2.28 bits per heavy atom. The van der Waals surface area contributed by atoms with Gasteiger partial charge in [0, 0.05) is 24.9 Å². The molecule has 2 aromatic rings. The summed E-state index contributed by atoms with van der Waals surface area (Å²) in [6, 6.07) is 15.4. The van der Waals surface area contributed by atoms with E-state index in [1.807, 2.05) is 30.3 Å². The van der Waals surface area contributed by atoms with Crippen molar-refractivity contribution in [2.45, 2.75) is 25.3 Å². The van der Waals surface area contributed by atoms with E-state index in [-0.39, 0.29) is 18.2 Å². The first-order valence-electron chi connectivity index (χ1n) is 9.37. The molecule has 0 aliphatic heterocycles. The number of hydrogen-bond acceptors (Lipinski definition) is 5. The molecule has 0 radical (unpaired) electrons. The summed E-state index contributed by atoms with van der Waals surface area (Å²) in [5.41, 5.74) is 1.44. The number of hydrogen-bond donors (Lipinski definition) is 2. The zero-order valence-corrected chi connectivity index (χ0v) is 16.6. The van der Waals surface area contributed by atoms with Gasteiger partial charge in [-0.1, -0.05) is 30.3 Å². The Morgan fingerprint density at radius 1 is 0.966 bits per heavy atom. The molecule has 2 aromatic carbocycles. The minimum Gasteiger partial charge on any atom is -0.497 e. The van der Waals surface area contributed by atoms with Crippen molar-refractivity contribution in [2.75, 3.05) is 20.8 Å². The lowest BCUT2D eigenvalue weighted by Gasteiger charge is -2.16. The van der Waals surface area contributed by atoms with Gasteiger partial charge in [0.25, 0.3) is 5.91 Å². The monoisotopic (exact) mass is 398 g/mol. The normalized spacial score (nSPS) is 11.2. The Morgan fingerprint density at radius 2 is 1.66 bits per heavy atom. The highest BCUT2D eigenvalue weighted by atomic mass is 16.5. The highest BCUT2D eigenvalue weighted by Gasteiger charge is 2.21. The molecule has 2 amide bonds. The second-order valence-electron chi connectivity index (χ2n) is 6.42. The van der Waals surface area contributed by atoms with E-state index < -0.39 is 12.0 Å². The van der Waals surface area contributed by atoms with Gasteiger partial charge in [-0.15, -0.1) is 0 Å². The van der Waals surface area contributed by atoms with Crippen molar-refractivity contribution in [3.05, 3.63) is 65.7 Å². The van der Waals surface area contributed by atoms with Crippen molar-refractivity contribution in [2.24, 2.45) is 0 Å². The fourth-order valence-electron chi connectivity index (χ4n) is 2.75. The largest absolute Gasteiger partial charge is 0.497 e. The van der Waals surface area contributed by atoms with Crippen LogP contribution in [0.15, 0.2) is 54.6 Å². The smallest absolute Gasteiger partial charge is 0.328 e. The van der Waals surface area contributed by atoms with Gasteiger partial charge in [0.2, 0.25) is 5.91 Å². The van der Waals surface area contributed by atoms with E-state index in [9.17, 15) is 14.4 Å². The highest BCUT2D eigenvalue weighted by molar-refractivity contribution is 5.94. The maximum atomic E-state index is 12.2. The molecule has 1 atom stereocenters. The summed E-state index contributed by atoms with van der Waals surface area (Å²) in [6.07, 6.45) is 0.992. The van der Waals surface area contributed by atoms with Crippen LogP contribution in [0.4, 0.5) is 0 Å². The molecule has 0 spiro atoms. The molecule has 0 aromatic heterocycles. The molecule has 154 valence electrons. The van der Waals surface area contributed by atoms with Crippen LogP contribution in [0.5, 0.6) is 5.75 Å². The predicted molar refractivity (Wildman–Crippen MR) is 109 cm³/mol. The molecule has 29 heavy (non-hydrogen) atoms. The molecule has 0 aliphatic carbocycles. The van der Waals surface area contributed by atoms with Gasteiger partial charge >= 0.3 is 5.97 Å². The van der Waals surface area contributed by atoms with Crippen LogP contribution >= 0.6 is 0 Å².